The van der Waals surface area contributed by atoms with Crippen molar-refractivity contribution in [3.8, 4) is 0 Å². The molecule has 0 aromatic carbocycles. The van der Waals surface area contributed by atoms with Gasteiger partial charge in [0.25, 0.3) is 0 Å². The SMILES string of the molecule is CC(C)CC(=O)[O-].CC(C)CC(=O)[O-].[Al+2]. The second-order valence-electron chi connectivity index (χ2n) is 3.94. The minimum Gasteiger partial charge on any atom is -0.550 e. The van der Waals surface area contributed by atoms with Gasteiger partial charge >= 0.3 is 17.4 Å². The fraction of sp³-hybridized carbons (Fsp3) is 0.800. The molecule has 15 heavy (non-hydrogen) atoms. The molecule has 0 N–H and O–H groups in total. The molecular formula is C10H18AlO4. The number of carbonyl (C=O) groups is 2. The number of rotatable bonds is 4. The van der Waals surface area contributed by atoms with Gasteiger partial charge in [-0.1, -0.05) is 27.7 Å². The van der Waals surface area contributed by atoms with Crippen LogP contribution in [0.15, 0.2) is 0 Å². The van der Waals surface area contributed by atoms with Crippen LogP contribution in [-0.2, 0) is 9.59 Å². The van der Waals surface area contributed by atoms with E-state index in [0.29, 0.717) is 0 Å². The van der Waals surface area contributed by atoms with Crippen LogP contribution in [0.5, 0.6) is 0 Å². The molecule has 0 aromatic rings. The van der Waals surface area contributed by atoms with Gasteiger partial charge in [0.15, 0.2) is 0 Å². The molecule has 0 fully saturated rings. The van der Waals surface area contributed by atoms with Gasteiger partial charge in [-0.25, -0.2) is 0 Å². The molecule has 0 saturated heterocycles. The smallest absolute Gasteiger partial charge is 0.550 e. The van der Waals surface area contributed by atoms with Crippen LogP contribution in [0.1, 0.15) is 40.5 Å². The summed E-state index contributed by atoms with van der Waals surface area (Å²) in [6.07, 6.45) is 0.333. The number of carbonyl (C=O) groups excluding carboxylic acids is 2. The van der Waals surface area contributed by atoms with Crippen LogP contribution in [0.25, 0.3) is 0 Å². The molecule has 0 bridgehead atoms. The molecule has 0 aliphatic carbocycles. The van der Waals surface area contributed by atoms with E-state index in [-0.39, 0.29) is 42.0 Å². The largest absolute Gasteiger partial charge is 2.00 e. The number of hydrogen-bond donors (Lipinski definition) is 0. The zero-order chi connectivity index (χ0) is 11.7. The average molecular weight is 229 g/mol. The van der Waals surface area contributed by atoms with E-state index in [2.05, 4.69) is 0 Å². The summed E-state index contributed by atoms with van der Waals surface area (Å²) in [6.45, 7) is 7.37. The van der Waals surface area contributed by atoms with Crippen LogP contribution in [0.3, 0.4) is 0 Å². The van der Waals surface area contributed by atoms with E-state index >= 15 is 0 Å². The van der Waals surface area contributed by atoms with Gasteiger partial charge in [0.2, 0.25) is 0 Å². The normalized spacial score (nSPS) is 8.93. The molecule has 0 unspecified atom stereocenters. The Balaban J connectivity index is -0.000000180. The van der Waals surface area contributed by atoms with Crippen LogP contribution in [-0.4, -0.2) is 29.3 Å². The molecule has 0 aliphatic heterocycles. The topological polar surface area (TPSA) is 80.3 Å². The predicted octanol–water partition coefficient (Wildman–Crippen LogP) is -0.816. The Morgan fingerprint density at radius 2 is 1.07 bits per heavy atom. The monoisotopic (exact) mass is 229 g/mol. The average Bonchev–Trinajstić information content (AvgIpc) is 1.79. The van der Waals surface area contributed by atoms with Crippen LogP contribution >= 0.6 is 0 Å². The van der Waals surface area contributed by atoms with Crippen molar-refractivity contribution in [2.45, 2.75) is 40.5 Å². The Kier molecular flexibility index (Phi) is 15.4. The molecule has 0 aromatic heterocycles. The van der Waals surface area contributed by atoms with Gasteiger partial charge in [-0.3, -0.25) is 0 Å². The summed E-state index contributed by atoms with van der Waals surface area (Å²) in [5.74, 6) is -1.50. The molecule has 85 valence electrons. The molecule has 5 heteroatoms. The van der Waals surface area contributed by atoms with E-state index in [4.69, 9.17) is 0 Å². The molecular weight excluding hydrogens is 211 g/mol. The Morgan fingerprint density at radius 3 is 1.07 bits per heavy atom. The minimum atomic E-state index is -0.963. The van der Waals surface area contributed by atoms with E-state index in [0.717, 1.165) is 0 Å². The summed E-state index contributed by atoms with van der Waals surface area (Å²) in [4.78, 5) is 19.4. The van der Waals surface area contributed by atoms with Gasteiger partial charge in [-0.2, -0.15) is 0 Å². The zero-order valence-corrected chi connectivity index (χ0v) is 10.9. The number of aliphatic carboxylic acids is 2. The second-order valence-corrected chi connectivity index (χ2v) is 3.94. The summed E-state index contributed by atoms with van der Waals surface area (Å²) in [7, 11) is 0. The molecule has 0 heterocycles. The van der Waals surface area contributed by atoms with Gasteiger partial charge in [-0.15, -0.1) is 0 Å². The first kappa shape index (κ1) is 20.0. The van der Waals surface area contributed by atoms with Crippen molar-refractivity contribution in [2.24, 2.45) is 11.8 Å². The van der Waals surface area contributed by atoms with Crippen molar-refractivity contribution >= 4 is 29.3 Å². The van der Waals surface area contributed by atoms with Crippen LogP contribution in [0.2, 0.25) is 0 Å². The third-order valence-corrected chi connectivity index (χ3v) is 1.15. The summed E-state index contributed by atoms with van der Waals surface area (Å²) < 4.78 is 0. The quantitative estimate of drug-likeness (QED) is 0.590. The Bertz CT molecular complexity index is 158. The van der Waals surface area contributed by atoms with Crippen LogP contribution < -0.4 is 10.2 Å². The first-order valence-electron chi connectivity index (χ1n) is 4.65. The third kappa shape index (κ3) is 31.8. The van der Waals surface area contributed by atoms with Crippen molar-refractivity contribution in [3.05, 3.63) is 0 Å². The standard InChI is InChI=1S/2C5H10O2.Al/c2*1-4(2)3-5(6)7;/h2*4H,3H2,1-2H3,(H,6,7);/q;;+2/p-2. The van der Waals surface area contributed by atoms with E-state index in [1.807, 2.05) is 27.7 Å². The first-order chi connectivity index (χ1) is 6.25. The van der Waals surface area contributed by atoms with Crippen LogP contribution in [0, 0.1) is 11.8 Å². The maximum Gasteiger partial charge on any atom is 2.00 e. The molecule has 1 radical (unpaired) electrons. The maximum atomic E-state index is 9.70. The van der Waals surface area contributed by atoms with Gasteiger partial charge in [-0.05, 0) is 24.7 Å². The number of hydrogen-bond acceptors (Lipinski definition) is 4. The van der Waals surface area contributed by atoms with Gasteiger partial charge in [0, 0.05) is 11.9 Å². The molecule has 4 nitrogen and oxygen atoms in total. The molecule has 0 aliphatic rings. The third-order valence-electron chi connectivity index (χ3n) is 1.15. The van der Waals surface area contributed by atoms with E-state index in [9.17, 15) is 19.8 Å². The van der Waals surface area contributed by atoms with Crippen molar-refractivity contribution in [1.82, 2.24) is 0 Å². The van der Waals surface area contributed by atoms with Crippen LogP contribution in [0.4, 0.5) is 0 Å². The first-order valence-corrected chi connectivity index (χ1v) is 4.65. The molecule has 0 spiro atoms. The maximum absolute atomic E-state index is 9.70. The second kappa shape index (κ2) is 11.5. The molecule has 0 rings (SSSR count). The van der Waals surface area contributed by atoms with Crippen molar-refractivity contribution in [3.63, 3.8) is 0 Å². The van der Waals surface area contributed by atoms with Gasteiger partial charge < -0.3 is 19.8 Å². The van der Waals surface area contributed by atoms with Gasteiger partial charge in [0.1, 0.15) is 0 Å². The van der Waals surface area contributed by atoms with E-state index < -0.39 is 11.9 Å². The van der Waals surface area contributed by atoms with Crippen molar-refractivity contribution < 1.29 is 19.8 Å². The number of carboxylic acid groups (broad SMARTS) is 2. The summed E-state index contributed by atoms with van der Waals surface area (Å²) in [5.41, 5.74) is 0. The Labute approximate surface area is 102 Å². The van der Waals surface area contributed by atoms with Crippen molar-refractivity contribution in [1.29, 1.82) is 0 Å². The molecule has 0 amide bonds. The fourth-order valence-electron chi connectivity index (χ4n) is 0.667. The number of carboxylic acids is 2. The van der Waals surface area contributed by atoms with Crippen molar-refractivity contribution in [2.75, 3.05) is 0 Å². The summed E-state index contributed by atoms with van der Waals surface area (Å²) in [6, 6.07) is 0. The summed E-state index contributed by atoms with van der Waals surface area (Å²) in [5, 5.41) is 19.4. The Hall–Kier alpha value is -0.528. The van der Waals surface area contributed by atoms with E-state index in [1.54, 1.807) is 0 Å². The van der Waals surface area contributed by atoms with E-state index in [1.165, 1.54) is 0 Å². The molecule has 0 saturated carbocycles. The fourth-order valence-corrected chi connectivity index (χ4v) is 0.667. The van der Waals surface area contributed by atoms with Gasteiger partial charge in [0.05, 0.1) is 0 Å². The minimum absolute atomic E-state index is 0. The zero-order valence-electron chi connectivity index (χ0n) is 9.78. The Morgan fingerprint density at radius 1 is 0.867 bits per heavy atom. The molecule has 0 atom stereocenters. The predicted molar refractivity (Wildman–Crippen MR) is 54.7 cm³/mol. The summed E-state index contributed by atoms with van der Waals surface area (Å²) >= 11 is 0.